The van der Waals surface area contributed by atoms with Gasteiger partial charge in [0.2, 0.25) is 0 Å². The molecular weight excluding hydrogens is 203 g/mol. The normalized spacial score (nSPS) is 13.2. The van der Waals surface area contributed by atoms with Crippen molar-refractivity contribution >= 4 is 23.2 Å². The molecule has 0 aliphatic carbocycles. The van der Waals surface area contributed by atoms with Crippen LogP contribution in [0.15, 0.2) is 0 Å². The Morgan fingerprint density at radius 2 is 1.54 bits per heavy atom. The minimum atomic E-state index is 0.309. The van der Waals surface area contributed by atoms with Crippen LogP contribution in [-0.2, 0) is 0 Å². The molecule has 0 aliphatic heterocycles. The maximum Gasteiger partial charge on any atom is 0.0347 e. The van der Waals surface area contributed by atoms with E-state index in [0.29, 0.717) is 11.3 Å². The second-order valence-electron chi connectivity index (χ2n) is 3.63. The largest absolute Gasteiger partial charge is 0.127 e. The second-order valence-corrected chi connectivity index (χ2v) is 4.63. The van der Waals surface area contributed by atoms with Crippen molar-refractivity contribution < 1.29 is 0 Å². The number of alkyl halides is 2. The molecule has 1 atom stereocenters. The molecule has 0 bridgehead atoms. The van der Waals surface area contributed by atoms with Gasteiger partial charge in [-0.05, 0) is 12.8 Å². The standard InChI is InChI=1S/C11H22Cl2/c1-2-3-4-5-6-7-8-11(13)9-10-12/h11H,2-10H2,1H3. The van der Waals surface area contributed by atoms with Gasteiger partial charge >= 0.3 is 0 Å². The number of rotatable bonds is 9. The quantitative estimate of drug-likeness (QED) is 0.383. The summed E-state index contributed by atoms with van der Waals surface area (Å²) < 4.78 is 0. The molecule has 1 unspecified atom stereocenters. The number of unbranched alkanes of at least 4 members (excludes halogenated alkanes) is 5. The van der Waals surface area contributed by atoms with Crippen molar-refractivity contribution in [2.45, 2.75) is 63.7 Å². The minimum absolute atomic E-state index is 0.309. The molecule has 0 fully saturated rings. The number of halogens is 2. The molecule has 2 heteroatoms. The van der Waals surface area contributed by atoms with Crippen LogP contribution in [0, 0.1) is 0 Å². The first-order chi connectivity index (χ1) is 6.31. The molecule has 0 heterocycles. The second kappa shape index (κ2) is 10.7. The summed E-state index contributed by atoms with van der Waals surface area (Å²) >= 11 is 11.6. The monoisotopic (exact) mass is 224 g/mol. The molecule has 0 N–H and O–H groups in total. The molecule has 0 amide bonds. The van der Waals surface area contributed by atoms with Crippen molar-refractivity contribution in [1.82, 2.24) is 0 Å². The van der Waals surface area contributed by atoms with Crippen molar-refractivity contribution in [3.8, 4) is 0 Å². The van der Waals surface area contributed by atoms with E-state index in [-0.39, 0.29) is 0 Å². The zero-order valence-corrected chi connectivity index (χ0v) is 10.2. The SMILES string of the molecule is CCCCCCCCC(Cl)CCCl. The number of hydrogen-bond donors (Lipinski definition) is 0. The van der Waals surface area contributed by atoms with E-state index >= 15 is 0 Å². The molecule has 80 valence electrons. The Labute approximate surface area is 93.0 Å². The zero-order chi connectivity index (χ0) is 9.94. The fraction of sp³-hybridized carbons (Fsp3) is 1.00. The van der Waals surface area contributed by atoms with Gasteiger partial charge < -0.3 is 0 Å². The van der Waals surface area contributed by atoms with Gasteiger partial charge in [0.1, 0.15) is 0 Å². The summed E-state index contributed by atoms with van der Waals surface area (Å²) in [6, 6.07) is 0. The van der Waals surface area contributed by atoms with Crippen molar-refractivity contribution in [2.75, 3.05) is 5.88 Å². The zero-order valence-electron chi connectivity index (χ0n) is 8.70. The third-order valence-corrected chi connectivity index (χ3v) is 2.95. The van der Waals surface area contributed by atoms with E-state index in [2.05, 4.69) is 6.92 Å². The predicted octanol–water partition coefficient (Wildman–Crippen LogP) is 4.97. The summed E-state index contributed by atoms with van der Waals surface area (Å²) in [4.78, 5) is 0. The first kappa shape index (κ1) is 13.6. The molecule has 13 heavy (non-hydrogen) atoms. The van der Waals surface area contributed by atoms with Crippen LogP contribution in [0.5, 0.6) is 0 Å². The lowest BCUT2D eigenvalue weighted by Gasteiger charge is -2.06. The van der Waals surface area contributed by atoms with Crippen molar-refractivity contribution in [3.63, 3.8) is 0 Å². The molecule has 0 rings (SSSR count). The molecule has 0 spiro atoms. The Balaban J connectivity index is 2.97. The molecule has 0 saturated carbocycles. The Morgan fingerprint density at radius 3 is 2.15 bits per heavy atom. The summed E-state index contributed by atoms with van der Waals surface area (Å²) in [5.41, 5.74) is 0. The maximum absolute atomic E-state index is 6.04. The van der Waals surface area contributed by atoms with Crippen LogP contribution in [0.3, 0.4) is 0 Å². The van der Waals surface area contributed by atoms with Crippen LogP contribution in [0.1, 0.15) is 58.3 Å². The lowest BCUT2D eigenvalue weighted by Crippen LogP contribution is -1.98. The lowest BCUT2D eigenvalue weighted by molar-refractivity contribution is 0.576. The van der Waals surface area contributed by atoms with Gasteiger partial charge in [-0.2, -0.15) is 0 Å². The Kier molecular flexibility index (Phi) is 11.1. The van der Waals surface area contributed by atoms with Crippen LogP contribution in [0.2, 0.25) is 0 Å². The van der Waals surface area contributed by atoms with E-state index in [0.717, 1.165) is 12.8 Å². The van der Waals surface area contributed by atoms with E-state index < -0.39 is 0 Å². The highest BCUT2D eigenvalue weighted by atomic mass is 35.5. The van der Waals surface area contributed by atoms with Gasteiger partial charge in [-0.15, -0.1) is 23.2 Å². The first-order valence-electron chi connectivity index (χ1n) is 5.51. The summed E-state index contributed by atoms with van der Waals surface area (Å²) in [5.74, 6) is 0.698. The fourth-order valence-corrected chi connectivity index (χ4v) is 2.05. The van der Waals surface area contributed by atoms with Gasteiger partial charge in [-0.1, -0.05) is 45.4 Å². The Hall–Kier alpha value is 0.580. The molecule has 0 saturated heterocycles. The van der Waals surface area contributed by atoms with Crippen LogP contribution >= 0.6 is 23.2 Å². The first-order valence-corrected chi connectivity index (χ1v) is 6.48. The van der Waals surface area contributed by atoms with E-state index in [4.69, 9.17) is 23.2 Å². The molecular formula is C11H22Cl2. The third-order valence-electron chi connectivity index (χ3n) is 2.29. The lowest BCUT2D eigenvalue weighted by atomic mass is 10.1. The average Bonchev–Trinajstić information content (AvgIpc) is 2.11. The summed E-state index contributed by atoms with van der Waals surface area (Å²) in [7, 11) is 0. The molecule has 0 nitrogen and oxygen atoms in total. The van der Waals surface area contributed by atoms with Gasteiger partial charge in [-0.25, -0.2) is 0 Å². The predicted molar refractivity (Wildman–Crippen MR) is 63.0 cm³/mol. The number of hydrogen-bond acceptors (Lipinski definition) is 0. The third kappa shape index (κ3) is 10.5. The molecule has 0 radical (unpaired) electrons. The van der Waals surface area contributed by atoms with Crippen LogP contribution in [-0.4, -0.2) is 11.3 Å². The van der Waals surface area contributed by atoms with E-state index in [9.17, 15) is 0 Å². The Morgan fingerprint density at radius 1 is 0.923 bits per heavy atom. The minimum Gasteiger partial charge on any atom is -0.127 e. The van der Waals surface area contributed by atoms with Gasteiger partial charge in [0.15, 0.2) is 0 Å². The Bertz CT molecular complexity index is 94.1. The van der Waals surface area contributed by atoms with Crippen LogP contribution in [0.4, 0.5) is 0 Å². The van der Waals surface area contributed by atoms with Gasteiger partial charge in [-0.3, -0.25) is 0 Å². The molecule has 0 aromatic carbocycles. The smallest absolute Gasteiger partial charge is 0.0347 e. The highest BCUT2D eigenvalue weighted by molar-refractivity contribution is 6.22. The fourth-order valence-electron chi connectivity index (χ4n) is 1.41. The van der Waals surface area contributed by atoms with Gasteiger partial charge in [0, 0.05) is 11.3 Å². The van der Waals surface area contributed by atoms with Crippen molar-refractivity contribution in [1.29, 1.82) is 0 Å². The maximum atomic E-state index is 6.04. The molecule has 0 aliphatic rings. The van der Waals surface area contributed by atoms with E-state index in [1.54, 1.807) is 0 Å². The molecule has 0 aromatic rings. The van der Waals surface area contributed by atoms with Crippen molar-refractivity contribution in [2.24, 2.45) is 0 Å². The average molecular weight is 225 g/mol. The highest BCUT2D eigenvalue weighted by Crippen LogP contribution is 2.14. The highest BCUT2D eigenvalue weighted by Gasteiger charge is 2.02. The van der Waals surface area contributed by atoms with Crippen molar-refractivity contribution in [3.05, 3.63) is 0 Å². The topological polar surface area (TPSA) is 0 Å². The van der Waals surface area contributed by atoms with Gasteiger partial charge in [0.25, 0.3) is 0 Å². The summed E-state index contributed by atoms with van der Waals surface area (Å²) in [6.07, 6.45) is 10.2. The summed E-state index contributed by atoms with van der Waals surface area (Å²) in [5, 5.41) is 0.309. The van der Waals surface area contributed by atoms with Gasteiger partial charge in [0.05, 0.1) is 0 Å². The van der Waals surface area contributed by atoms with E-state index in [1.807, 2.05) is 0 Å². The van der Waals surface area contributed by atoms with Crippen LogP contribution < -0.4 is 0 Å². The summed E-state index contributed by atoms with van der Waals surface area (Å²) in [6.45, 7) is 2.25. The molecule has 0 aromatic heterocycles. The van der Waals surface area contributed by atoms with Crippen LogP contribution in [0.25, 0.3) is 0 Å². The van der Waals surface area contributed by atoms with E-state index in [1.165, 1.54) is 38.5 Å².